The van der Waals surface area contributed by atoms with Gasteiger partial charge in [-0.05, 0) is 69.1 Å². The first-order valence-corrected chi connectivity index (χ1v) is 17.6. The van der Waals surface area contributed by atoms with Crippen LogP contribution in [-0.4, -0.2) is 19.9 Å². The quantitative estimate of drug-likeness (QED) is 0.170. The molecule has 248 valence electrons. The van der Waals surface area contributed by atoms with Crippen molar-refractivity contribution < 1.29 is 4.39 Å². The van der Waals surface area contributed by atoms with Gasteiger partial charge in [-0.15, -0.1) is 0 Å². The molecule has 0 saturated carbocycles. The minimum Gasteiger partial charge on any atom is -0.247 e. The van der Waals surface area contributed by atoms with Crippen molar-refractivity contribution in [3.8, 4) is 56.5 Å². The minimum atomic E-state index is -0.270. The van der Waals surface area contributed by atoms with Crippen LogP contribution in [0.1, 0.15) is 0 Å². The number of aromatic nitrogens is 4. The van der Waals surface area contributed by atoms with Crippen molar-refractivity contribution in [1.82, 2.24) is 19.9 Å². The summed E-state index contributed by atoms with van der Waals surface area (Å²) in [5.74, 6) is 1.61. The molecule has 10 rings (SSSR count). The Bertz CT molecular complexity index is 2920. The maximum atomic E-state index is 14.1. The van der Waals surface area contributed by atoms with Crippen molar-refractivity contribution >= 4 is 43.2 Å². The number of hydrogen-bond acceptors (Lipinski definition) is 4. The summed E-state index contributed by atoms with van der Waals surface area (Å²) in [6, 6.07) is 58.6. The molecule has 0 fully saturated rings. The molecule has 0 radical (unpaired) electrons. The van der Waals surface area contributed by atoms with Gasteiger partial charge in [0.15, 0.2) is 17.5 Å². The number of halogens is 1. The molecular weight excluding hydrogens is 652 g/mol. The van der Waals surface area contributed by atoms with Gasteiger partial charge in [0.05, 0.1) is 11.2 Å². The Morgan fingerprint density at radius 3 is 1.30 bits per heavy atom. The van der Waals surface area contributed by atoms with Crippen molar-refractivity contribution in [2.75, 3.05) is 0 Å². The molecule has 8 aromatic carbocycles. The van der Waals surface area contributed by atoms with E-state index in [0.29, 0.717) is 17.5 Å². The highest BCUT2D eigenvalue weighted by Crippen LogP contribution is 2.43. The summed E-state index contributed by atoms with van der Waals surface area (Å²) in [5.41, 5.74) is 7.51. The Kier molecular flexibility index (Phi) is 7.29. The molecule has 4 nitrogen and oxygen atoms in total. The topological polar surface area (TPSA) is 51.6 Å². The standard InChI is InChI=1S/C48H29FN4/c49-36-26-23-31(24-27-36)45-44-40-18-10-8-16-38(40)37-15-7-9-17-39(37)43(44)41-29-35(25-28-42(41)50-45)30-19-21-34(22-20-30)48-52-46(32-11-3-1-4-12-32)51-47(53-48)33-13-5-2-6-14-33/h1-29H. The van der Waals surface area contributed by atoms with Gasteiger partial charge in [-0.2, -0.15) is 0 Å². The zero-order valence-corrected chi connectivity index (χ0v) is 28.4. The lowest BCUT2D eigenvalue weighted by Gasteiger charge is -2.17. The Balaban J connectivity index is 1.15. The molecule has 2 heterocycles. The van der Waals surface area contributed by atoms with Crippen LogP contribution >= 0.6 is 0 Å². The highest BCUT2D eigenvalue weighted by Gasteiger charge is 2.18. The van der Waals surface area contributed by atoms with Gasteiger partial charge in [0.1, 0.15) is 5.82 Å². The second-order valence-electron chi connectivity index (χ2n) is 13.2. The number of nitrogens with zero attached hydrogens (tertiary/aromatic N) is 4. The highest BCUT2D eigenvalue weighted by atomic mass is 19.1. The van der Waals surface area contributed by atoms with E-state index in [-0.39, 0.29) is 5.82 Å². The van der Waals surface area contributed by atoms with Crippen molar-refractivity contribution in [1.29, 1.82) is 0 Å². The van der Waals surface area contributed by atoms with Crippen LogP contribution in [0.25, 0.3) is 99.8 Å². The Labute approximate surface area is 304 Å². The molecule has 2 aromatic heterocycles. The average molecular weight is 681 g/mol. The average Bonchev–Trinajstić information content (AvgIpc) is 3.24. The summed E-state index contributed by atoms with van der Waals surface area (Å²) in [6.07, 6.45) is 0. The number of pyridine rings is 1. The van der Waals surface area contributed by atoms with E-state index in [1.54, 1.807) is 0 Å². The van der Waals surface area contributed by atoms with Crippen molar-refractivity contribution in [3.05, 3.63) is 182 Å². The molecule has 0 amide bonds. The summed E-state index contributed by atoms with van der Waals surface area (Å²) in [7, 11) is 0. The zero-order chi connectivity index (χ0) is 35.3. The molecule has 0 atom stereocenters. The summed E-state index contributed by atoms with van der Waals surface area (Å²) in [6.45, 7) is 0. The highest BCUT2D eigenvalue weighted by molar-refractivity contribution is 6.33. The van der Waals surface area contributed by atoms with E-state index in [9.17, 15) is 4.39 Å². The second kappa shape index (κ2) is 12.6. The number of rotatable bonds is 5. The lowest BCUT2D eigenvalue weighted by Crippen LogP contribution is -2.00. The molecule has 0 bridgehead atoms. The third kappa shape index (κ3) is 5.38. The summed E-state index contributed by atoms with van der Waals surface area (Å²) in [4.78, 5) is 19.9. The van der Waals surface area contributed by atoms with Gasteiger partial charge in [-0.3, -0.25) is 0 Å². The van der Waals surface area contributed by atoms with Crippen LogP contribution in [0, 0.1) is 5.82 Å². The summed E-state index contributed by atoms with van der Waals surface area (Å²) < 4.78 is 14.1. The first-order valence-electron chi connectivity index (χ1n) is 17.6. The first kappa shape index (κ1) is 30.7. The molecule has 0 unspecified atom stereocenters. The Morgan fingerprint density at radius 2 is 0.736 bits per heavy atom. The van der Waals surface area contributed by atoms with Crippen LogP contribution in [-0.2, 0) is 0 Å². The van der Waals surface area contributed by atoms with Crippen LogP contribution < -0.4 is 0 Å². The van der Waals surface area contributed by atoms with E-state index in [1.807, 2.05) is 72.8 Å². The summed E-state index contributed by atoms with van der Waals surface area (Å²) >= 11 is 0. The van der Waals surface area contributed by atoms with Crippen molar-refractivity contribution in [3.63, 3.8) is 0 Å². The van der Waals surface area contributed by atoms with Crippen LogP contribution in [0.5, 0.6) is 0 Å². The van der Waals surface area contributed by atoms with E-state index in [4.69, 9.17) is 19.9 Å². The van der Waals surface area contributed by atoms with Gasteiger partial charge >= 0.3 is 0 Å². The van der Waals surface area contributed by atoms with E-state index in [2.05, 4.69) is 91.0 Å². The maximum Gasteiger partial charge on any atom is 0.164 e. The monoisotopic (exact) mass is 680 g/mol. The fourth-order valence-corrected chi connectivity index (χ4v) is 7.42. The molecule has 0 N–H and O–H groups in total. The fraction of sp³-hybridized carbons (Fsp3) is 0. The number of benzene rings is 8. The Morgan fingerprint density at radius 1 is 0.302 bits per heavy atom. The lowest BCUT2D eigenvalue weighted by molar-refractivity contribution is 0.628. The molecular formula is C48H29FN4. The predicted octanol–water partition coefficient (Wildman–Crippen LogP) is 12.4. The fourth-order valence-electron chi connectivity index (χ4n) is 7.42. The normalized spacial score (nSPS) is 11.5. The van der Waals surface area contributed by atoms with Crippen molar-refractivity contribution in [2.45, 2.75) is 0 Å². The van der Waals surface area contributed by atoms with Gasteiger partial charge in [0.25, 0.3) is 0 Å². The van der Waals surface area contributed by atoms with E-state index in [1.165, 1.54) is 17.5 Å². The lowest BCUT2D eigenvalue weighted by atomic mass is 9.89. The zero-order valence-electron chi connectivity index (χ0n) is 28.4. The molecule has 0 aliphatic carbocycles. The third-order valence-corrected chi connectivity index (χ3v) is 9.96. The number of hydrogen-bond donors (Lipinski definition) is 0. The Hall–Kier alpha value is -7.11. The SMILES string of the molecule is Fc1ccc(-c2nc3ccc(-c4ccc(-c5nc(-c6ccccc6)nc(-c6ccccc6)n5)cc4)cc3c3c4ccccc4c4ccccc4c23)cc1. The van der Waals surface area contributed by atoms with Crippen LogP contribution in [0.4, 0.5) is 4.39 Å². The van der Waals surface area contributed by atoms with Crippen molar-refractivity contribution in [2.24, 2.45) is 0 Å². The molecule has 0 saturated heterocycles. The van der Waals surface area contributed by atoms with E-state index < -0.39 is 0 Å². The van der Waals surface area contributed by atoms with Gasteiger partial charge in [0.2, 0.25) is 0 Å². The third-order valence-electron chi connectivity index (χ3n) is 9.96. The maximum absolute atomic E-state index is 14.1. The first-order chi connectivity index (χ1) is 26.2. The molecule has 5 heteroatoms. The number of fused-ring (bicyclic) bond motifs is 8. The largest absolute Gasteiger partial charge is 0.247 e. The predicted molar refractivity (Wildman–Crippen MR) is 215 cm³/mol. The summed E-state index contributed by atoms with van der Waals surface area (Å²) in [5, 5.41) is 7.88. The molecule has 0 aliphatic rings. The van der Waals surface area contributed by atoms with Crippen LogP contribution in [0.2, 0.25) is 0 Å². The van der Waals surface area contributed by atoms with Gasteiger partial charge in [-0.25, -0.2) is 24.3 Å². The minimum absolute atomic E-state index is 0.270. The smallest absolute Gasteiger partial charge is 0.164 e. The molecule has 0 aliphatic heterocycles. The molecule has 10 aromatic rings. The second-order valence-corrected chi connectivity index (χ2v) is 13.2. The van der Waals surface area contributed by atoms with Gasteiger partial charge in [-0.1, -0.05) is 140 Å². The van der Waals surface area contributed by atoms with Gasteiger partial charge in [0, 0.05) is 38.4 Å². The molecule has 53 heavy (non-hydrogen) atoms. The molecule has 0 spiro atoms. The van der Waals surface area contributed by atoms with Crippen LogP contribution in [0.3, 0.4) is 0 Å². The van der Waals surface area contributed by atoms with Gasteiger partial charge < -0.3 is 0 Å². The van der Waals surface area contributed by atoms with E-state index in [0.717, 1.165) is 76.9 Å². The van der Waals surface area contributed by atoms with E-state index >= 15 is 0 Å². The van der Waals surface area contributed by atoms with Crippen LogP contribution in [0.15, 0.2) is 176 Å².